The molecule has 11 nitrogen and oxygen atoms in total. The second-order valence-electron chi connectivity index (χ2n) is 5.71. The molecule has 0 fully saturated rings. The summed E-state index contributed by atoms with van der Waals surface area (Å²) < 4.78 is 50.3. The van der Waals surface area contributed by atoms with Crippen LogP contribution < -0.4 is 4.74 Å². The third kappa shape index (κ3) is 6.49. The Bertz CT molecular complexity index is 910. The summed E-state index contributed by atoms with van der Waals surface area (Å²) in [6.45, 7) is -1.70. The number of esters is 1. The van der Waals surface area contributed by atoms with E-state index in [1.165, 1.54) is 6.07 Å². The van der Waals surface area contributed by atoms with Gasteiger partial charge in [0.25, 0.3) is 0 Å². The second-order valence-corrected chi connectivity index (χ2v) is 6.55. The molecule has 2 unspecified atom stereocenters. The number of nitrogens with zero attached hydrogens (tertiary/aromatic N) is 2. The van der Waals surface area contributed by atoms with Crippen LogP contribution in [0.4, 0.5) is 13.2 Å². The van der Waals surface area contributed by atoms with Crippen molar-refractivity contribution in [2.45, 2.75) is 18.4 Å². The topological polar surface area (TPSA) is 124 Å². The summed E-state index contributed by atoms with van der Waals surface area (Å²) in [5.74, 6) is -1.90. The summed E-state index contributed by atoms with van der Waals surface area (Å²) in [5.41, 5.74) is -1.02. The van der Waals surface area contributed by atoms with Gasteiger partial charge in [-0.05, 0) is 18.2 Å². The van der Waals surface area contributed by atoms with Crippen molar-refractivity contribution in [1.29, 1.82) is 0 Å². The van der Waals surface area contributed by atoms with Crippen LogP contribution in [-0.4, -0.2) is 60.1 Å². The molecule has 0 aliphatic carbocycles. The van der Waals surface area contributed by atoms with Gasteiger partial charge in [0.05, 0.1) is 10.6 Å². The lowest BCUT2D eigenvalue weighted by atomic mass is 10.0. The normalized spacial score (nSPS) is 16.2. The van der Waals surface area contributed by atoms with E-state index in [1.807, 2.05) is 0 Å². The maximum absolute atomic E-state index is 13.5. The van der Waals surface area contributed by atoms with Gasteiger partial charge in [0.2, 0.25) is 19.3 Å². The zero-order chi connectivity index (χ0) is 23.3. The van der Waals surface area contributed by atoms with Crippen molar-refractivity contribution < 1.29 is 57.3 Å². The lowest BCUT2D eigenvalue weighted by Gasteiger charge is -2.29. The Hall–Kier alpha value is -3.00. The number of alkyl halides is 3. The van der Waals surface area contributed by atoms with Gasteiger partial charge >= 0.3 is 22.3 Å². The van der Waals surface area contributed by atoms with Gasteiger partial charge in [0.15, 0.2) is 13.2 Å². The van der Waals surface area contributed by atoms with E-state index in [0.29, 0.717) is 0 Å². The first-order valence-electron chi connectivity index (χ1n) is 8.00. The van der Waals surface area contributed by atoms with Crippen LogP contribution in [0.15, 0.2) is 17.7 Å². The van der Waals surface area contributed by atoms with E-state index in [9.17, 15) is 27.8 Å². The Labute approximate surface area is 180 Å². The minimum Gasteiger partial charge on any atom is -0.474 e. The molecule has 1 heterocycles. The van der Waals surface area contributed by atoms with Crippen LogP contribution >= 0.6 is 23.2 Å². The van der Waals surface area contributed by atoms with E-state index in [-0.39, 0.29) is 21.4 Å². The zero-order valence-corrected chi connectivity index (χ0v) is 16.8. The lowest BCUT2D eigenvalue weighted by Crippen LogP contribution is -2.42. The number of hydrogen-bond acceptors (Lipinski definition) is 8. The van der Waals surface area contributed by atoms with Crippen LogP contribution in [-0.2, 0) is 24.0 Å². The number of benzene rings is 1. The van der Waals surface area contributed by atoms with E-state index in [4.69, 9.17) is 37.9 Å². The minimum absolute atomic E-state index is 0.0276. The summed E-state index contributed by atoms with van der Waals surface area (Å²) in [5, 5.41) is 6.94. The Morgan fingerprint density at radius 3 is 2.48 bits per heavy atom. The Morgan fingerprint density at radius 2 is 1.90 bits per heavy atom. The molecule has 0 radical (unpaired) electrons. The Balaban J connectivity index is 2.33. The molecule has 1 N–H and O–H groups in total. The number of carbonyl (C=O) groups is 1. The van der Waals surface area contributed by atoms with E-state index in [1.54, 1.807) is 0 Å². The first kappa shape index (κ1) is 24.3. The van der Waals surface area contributed by atoms with Crippen molar-refractivity contribution in [1.82, 2.24) is 0 Å². The SMILES string of the molecule is CO[N+](=O)OCC(CO[N+](=O)O)OC(=O)C1=Cc2cc(Cl)cc(Cl)c2OC1C(F)(F)F. The van der Waals surface area contributed by atoms with Gasteiger partial charge in [0, 0.05) is 10.6 Å². The number of halogens is 5. The average molecular weight is 493 g/mol. The lowest BCUT2D eigenvalue weighted by molar-refractivity contribution is -0.982. The summed E-state index contributed by atoms with van der Waals surface area (Å²) in [7, 11) is 0.934. The van der Waals surface area contributed by atoms with Crippen molar-refractivity contribution in [3.05, 3.63) is 43.1 Å². The van der Waals surface area contributed by atoms with Crippen molar-refractivity contribution in [3.8, 4) is 5.75 Å². The van der Waals surface area contributed by atoms with Gasteiger partial charge in [-0.15, -0.1) is 0 Å². The molecule has 16 heteroatoms. The van der Waals surface area contributed by atoms with Crippen LogP contribution in [0, 0.1) is 9.81 Å². The summed E-state index contributed by atoms with van der Waals surface area (Å²) in [6.07, 6.45) is -8.61. The molecule has 2 atom stereocenters. The highest BCUT2D eigenvalue weighted by Crippen LogP contribution is 2.42. The first-order chi connectivity index (χ1) is 14.4. The van der Waals surface area contributed by atoms with Crippen LogP contribution in [0.25, 0.3) is 6.08 Å². The number of carbonyl (C=O) groups excluding carboxylic acids is 1. The molecule has 0 spiro atoms. The molecule has 0 saturated carbocycles. The average Bonchev–Trinajstić information content (AvgIpc) is 2.67. The fraction of sp³-hybridized carbons (Fsp3) is 0.400. The summed E-state index contributed by atoms with van der Waals surface area (Å²) in [4.78, 5) is 46.7. The maximum Gasteiger partial charge on any atom is 0.477 e. The maximum atomic E-state index is 13.5. The van der Waals surface area contributed by atoms with Gasteiger partial charge in [-0.1, -0.05) is 23.2 Å². The highest BCUT2D eigenvalue weighted by atomic mass is 35.5. The number of hydrogen-bond donors (Lipinski definition) is 1. The summed E-state index contributed by atoms with van der Waals surface area (Å²) in [6, 6.07) is 2.37. The standard InChI is InChI=1S/C15H13Cl2F3N2O9/c1-27-22(26)29-6-9(5-28-21(24)25)30-14(23)10-3-7-2-8(16)4-11(17)12(7)31-13(10)15(18,19)20/h2-4,9,13H,5-6H2,1H3,(H,24,25)/q+2. The predicted octanol–water partition coefficient (Wildman–Crippen LogP) is 2.98. The number of rotatable bonds is 9. The summed E-state index contributed by atoms with van der Waals surface area (Å²) >= 11 is 11.7. The third-order valence-corrected chi connectivity index (χ3v) is 4.06. The fourth-order valence-corrected chi connectivity index (χ4v) is 2.88. The van der Waals surface area contributed by atoms with Crippen molar-refractivity contribution in [2.75, 3.05) is 20.3 Å². The van der Waals surface area contributed by atoms with Crippen LogP contribution in [0.2, 0.25) is 10.0 Å². The third-order valence-electron chi connectivity index (χ3n) is 3.56. The van der Waals surface area contributed by atoms with E-state index < -0.39 is 53.3 Å². The van der Waals surface area contributed by atoms with Crippen molar-refractivity contribution in [2.24, 2.45) is 0 Å². The molecule has 1 aromatic carbocycles. The Kier molecular flexibility index (Phi) is 7.73. The van der Waals surface area contributed by atoms with Crippen molar-refractivity contribution in [3.63, 3.8) is 0 Å². The van der Waals surface area contributed by atoms with Gasteiger partial charge in [-0.3, -0.25) is 0 Å². The molecule has 0 bridgehead atoms. The highest BCUT2D eigenvalue weighted by Gasteiger charge is 2.49. The smallest absolute Gasteiger partial charge is 0.474 e. The van der Waals surface area contributed by atoms with Crippen LogP contribution in [0.5, 0.6) is 5.75 Å². The van der Waals surface area contributed by atoms with Gasteiger partial charge in [0.1, 0.15) is 15.6 Å². The minimum atomic E-state index is -5.05. The zero-order valence-electron chi connectivity index (χ0n) is 15.3. The largest absolute Gasteiger partial charge is 0.477 e. The quantitative estimate of drug-likeness (QED) is 0.409. The molecule has 0 amide bonds. The molecule has 1 aliphatic heterocycles. The second kappa shape index (κ2) is 9.87. The molecular weight excluding hydrogens is 480 g/mol. The van der Waals surface area contributed by atoms with E-state index >= 15 is 0 Å². The van der Waals surface area contributed by atoms with Crippen LogP contribution in [0.1, 0.15) is 5.56 Å². The highest BCUT2D eigenvalue weighted by molar-refractivity contribution is 6.36. The van der Waals surface area contributed by atoms with Gasteiger partial charge in [-0.2, -0.15) is 27.7 Å². The molecule has 0 saturated heterocycles. The van der Waals surface area contributed by atoms with E-state index in [2.05, 4.69) is 14.5 Å². The molecule has 0 aromatic heterocycles. The molecule has 2 rings (SSSR count). The first-order valence-corrected chi connectivity index (χ1v) is 8.76. The monoisotopic (exact) mass is 492 g/mol. The Morgan fingerprint density at radius 1 is 1.26 bits per heavy atom. The van der Waals surface area contributed by atoms with Gasteiger partial charge in [-0.25, -0.2) is 10.0 Å². The molecule has 31 heavy (non-hydrogen) atoms. The molecule has 1 aromatic rings. The molecule has 170 valence electrons. The van der Waals surface area contributed by atoms with E-state index in [0.717, 1.165) is 19.3 Å². The van der Waals surface area contributed by atoms with Gasteiger partial charge < -0.3 is 9.47 Å². The predicted molar refractivity (Wildman–Crippen MR) is 92.7 cm³/mol. The number of fused-ring (bicyclic) bond motifs is 1. The molecular formula is C15H13Cl2F3N2O9+2. The fourth-order valence-electron chi connectivity index (χ4n) is 2.32. The van der Waals surface area contributed by atoms with Crippen LogP contribution in [0.3, 0.4) is 0 Å². The molecule has 1 aliphatic rings. The number of ether oxygens (including phenoxy) is 2. The van der Waals surface area contributed by atoms with Crippen molar-refractivity contribution >= 4 is 35.2 Å².